The highest BCUT2D eigenvalue weighted by molar-refractivity contribution is 9.10. The second-order valence-electron chi connectivity index (χ2n) is 6.61. The van der Waals surface area contributed by atoms with Crippen LogP contribution in [0, 0.1) is 6.92 Å². The van der Waals surface area contributed by atoms with Gasteiger partial charge in [0.1, 0.15) is 6.33 Å². The van der Waals surface area contributed by atoms with Gasteiger partial charge in [0.25, 0.3) is 0 Å². The molecule has 0 unspecified atom stereocenters. The van der Waals surface area contributed by atoms with E-state index in [1.54, 1.807) is 24.3 Å². The number of carbonyl (C=O) groups is 2. The summed E-state index contributed by atoms with van der Waals surface area (Å²) < 4.78 is 5.98. The summed E-state index contributed by atoms with van der Waals surface area (Å²) in [7, 11) is 0. The second-order valence-corrected chi connectivity index (χ2v) is 7.33. The Morgan fingerprint density at radius 1 is 1.00 bits per heavy atom. The number of carbonyl (C=O) groups excluding carboxylic acids is 1. The third-order valence-electron chi connectivity index (χ3n) is 4.38. The van der Waals surface area contributed by atoms with E-state index in [4.69, 9.17) is 9.52 Å². The largest absolute Gasteiger partial charge is 0.465 e. The third kappa shape index (κ3) is 4.48. The first-order valence-electron chi connectivity index (χ1n) is 9.09. The van der Waals surface area contributed by atoms with Gasteiger partial charge in [-0.2, -0.15) is 0 Å². The topological polar surface area (TPSA) is 129 Å². The molecule has 4 rings (SSSR count). The standard InChI is InChI=1S/C21H16BrN5O4/c1-11-3-2-4-14(9-11)26-20(28)25-13-7-5-12(6-8-13)15-16-18(27-21(29)30)23-10-24-19(16)31-17(15)22/h2-10H,1H3,(H,29,30)(H,23,24,27)(H2,25,26,28). The minimum Gasteiger partial charge on any atom is -0.465 e. The minimum absolute atomic E-state index is 0.113. The molecular weight excluding hydrogens is 466 g/mol. The maximum Gasteiger partial charge on any atom is 0.410 e. The van der Waals surface area contributed by atoms with Crippen LogP contribution in [0.1, 0.15) is 5.56 Å². The predicted octanol–water partition coefficient (Wildman–Crippen LogP) is 5.69. The molecule has 0 aliphatic carbocycles. The van der Waals surface area contributed by atoms with Crippen LogP contribution in [0.3, 0.4) is 0 Å². The van der Waals surface area contributed by atoms with Crippen LogP contribution >= 0.6 is 15.9 Å². The molecule has 0 fully saturated rings. The number of aryl methyl sites for hydroxylation is 1. The van der Waals surface area contributed by atoms with Gasteiger partial charge in [-0.3, -0.25) is 5.32 Å². The lowest BCUT2D eigenvalue weighted by Gasteiger charge is -2.09. The fourth-order valence-electron chi connectivity index (χ4n) is 3.10. The number of nitrogens with zero attached hydrogens (tertiary/aromatic N) is 2. The van der Waals surface area contributed by atoms with Crippen molar-refractivity contribution >= 4 is 56.3 Å². The maximum atomic E-state index is 12.3. The molecule has 4 aromatic rings. The summed E-state index contributed by atoms with van der Waals surface area (Å²) in [4.78, 5) is 31.4. The first-order chi connectivity index (χ1) is 14.9. The van der Waals surface area contributed by atoms with Crippen LogP contribution in [-0.4, -0.2) is 27.2 Å². The molecule has 0 saturated heterocycles. The average molecular weight is 482 g/mol. The zero-order valence-corrected chi connectivity index (χ0v) is 17.7. The van der Waals surface area contributed by atoms with Gasteiger partial charge in [0.05, 0.1) is 5.39 Å². The third-order valence-corrected chi connectivity index (χ3v) is 4.94. The molecule has 0 saturated carbocycles. The molecular formula is C21H16BrN5O4. The van der Waals surface area contributed by atoms with Crippen molar-refractivity contribution in [1.29, 1.82) is 0 Å². The number of fused-ring (bicyclic) bond motifs is 1. The van der Waals surface area contributed by atoms with Crippen molar-refractivity contribution in [3.05, 3.63) is 65.1 Å². The number of nitrogens with one attached hydrogen (secondary N) is 3. The Hall–Kier alpha value is -3.92. The molecule has 2 aromatic carbocycles. The molecule has 2 aromatic heterocycles. The van der Waals surface area contributed by atoms with Gasteiger partial charge in [0, 0.05) is 16.9 Å². The molecule has 4 N–H and O–H groups in total. The molecule has 31 heavy (non-hydrogen) atoms. The Balaban J connectivity index is 1.58. The van der Waals surface area contributed by atoms with E-state index in [1.807, 2.05) is 31.2 Å². The molecule has 3 amide bonds. The lowest BCUT2D eigenvalue weighted by atomic mass is 10.1. The smallest absolute Gasteiger partial charge is 0.410 e. The van der Waals surface area contributed by atoms with Crippen LogP contribution < -0.4 is 16.0 Å². The number of aromatic nitrogens is 2. The van der Waals surface area contributed by atoms with Gasteiger partial charge < -0.3 is 20.2 Å². The van der Waals surface area contributed by atoms with Gasteiger partial charge in [-0.25, -0.2) is 19.6 Å². The first-order valence-corrected chi connectivity index (χ1v) is 9.88. The molecule has 0 atom stereocenters. The van der Waals surface area contributed by atoms with E-state index in [0.717, 1.165) is 11.1 Å². The van der Waals surface area contributed by atoms with E-state index < -0.39 is 6.09 Å². The summed E-state index contributed by atoms with van der Waals surface area (Å²) >= 11 is 3.36. The monoisotopic (exact) mass is 481 g/mol. The second kappa shape index (κ2) is 8.44. The summed E-state index contributed by atoms with van der Waals surface area (Å²) in [6.07, 6.45) is -0.0323. The van der Waals surface area contributed by atoms with E-state index >= 15 is 0 Å². The Morgan fingerprint density at radius 3 is 2.45 bits per heavy atom. The van der Waals surface area contributed by atoms with Gasteiger partial charge in [-0.05, 0) is 58.2 Å². The Morgan fingerprint density at radius 2 is 1.74 bits per heavy atom. The molecule has 9 nitrogen and oxygen atoms in total. The normalized spacial score (nSPS) is 10.6. The number of benzene rings is 2. The number of rotatable bonds is 4. The number of hydrogen-bond acceptors (Lipinski definition) is 5. The van der Waals surface area contributed by atoms with Crippen molar-refractivity contribution in [2.75, 3.05) is 16.0 Å². The zero-order valence-electron chi connectivity index (χ0n) is 16.1. The van der Waals surface area contributed by atoms with Crippen LogP contribution in [0.4, 0.5) is 26.8 Å². The van der Waals surface area contributed by atoms with Crippen LogP contribution in [0.25, 0.3) is 22.2 Å². The number of amides is 3. The highest BCUT2D eigenvalue weighted by Gasteiger charge is 2.20. The lowest BCUT2D eigenvalue weighted by molar-refractivity contribution is 0.209. The van der Waals surface area contributed by atoms with Crippen molar-refractivity contribution in [2.24, 2.45) is 0 Å². The quantitative estimate of drug-likeness (QED) is 0.296. The highest BCUT2D eigenvalue weighted by atomic mass is 79.9. The van der Waals surface area contributed by atoms with Gasteiger partial charge >= 0.3 is 12.1 Å². The number of halogens is 1. The maximum absolute atomic E-state index is 12.3. The molecule has 2 heterocycles. The molecule has 0 aliphatic heterocycles. The van der Waals surface area contributed by atoms with Crippen molar-refractivity contribution in [3.63, 3.8) is 0 Å². The molecule has 0 aliphatic rings. The van der Waals surface area contributed by atoms with E-state index in [-0.39, 0.29) is 17.6 Å². The van der Waals surface area contributed by atoms with Crippen molar-refractivity contribution in [2.45, 2.75) is 6.92 Å². The summed E-state index contributed by atoms with van der Waals surface area (Å²) in [5.41, 5.74) is 3.87. The molecule has 156 valence electrons. The first kappa shape index (κ1) is 20.4. The molecule has 0 radical (unpaired) electrons. The SMILES string of the molecule is Cc1cccc(NC(=O)Nc2ccc(-c3c(Br)oc4ncnc(NC(=O)O)c34)cc2)c1. The van der Waals surface area contributed by atoms with E-state index in [0.29, 0.717) is 27.0 Å². The number of anilines is 3. The van der Waals surface area contributed by atoms with Crippen LogP contribution in [0.15, 0.2) is 63.9 Å². The van der Waals surface area contributed by atoms with Gasteiger partial charge in [-0.1, -0.05) is 24.3 Å². The summed E-state index contributed by atoms with van der Waals surface area (Å²) in [5.74, 6) is 0.113. The van der Waals surface area contributed by atoms with Crippen LogP contribution in [0.5, 0.6) is 0 Å². The Kier molecular flexibility index (Phi) is 5.54. The minimum atomic E-state index is -1.25. The van der Waals surface area contributed by atoms with Gasteiger partial charge in [0.2, 0.25) is 5.71 Å². The number of furan rings is 1. The summed E-state index contributed by atoms with van der Waals surface area (Å²) in [6, 6.07) is 14.1. The van der Waals surface area contributed by atoms with E-state index in [1.165, 1.54) is 6.33 Å². The Labute approximate surface area is 184 Å². The van der Waals surface area contributed by atoms with Crippen LogP contribution in [-0.2, 0) is 0 Å². The summed E-state index contributed by atoms with van der Waals surface area (Å²) in [6.45, 7) is 1.95. The zero-order chi connectivity index (χ0) is 22.0. The number of carboxylic acid groups (broad SMARTS) is 1. The van der Waals surface area contributed by atoms with E-state index in [9.17, 15) is 9.59 Å². The fraction of sp³-hybridized carbons (Fsp3) is 0.0476. The van der Waals surface area contributed by atoms with Crippen LogP contribution in [0.2, 0.25) is 0 Å². The van der Waals surface area contributed by atoms with Crippen molar-refractivity contribution in [1.82, 2.24) is 9.97 Å². The molecule has 10 heteroatoms. The number of urea groups is 1. The van der Waals surface area contributed by atoms with E-state index in [2.05, 4.69) is 41.8 Å². The lowest BCUT2D eigenvalue weighted by Crippen LogP contribution is -2.19. The summed E-state index contributed by atoms with van der Waals surface area (Å²) in [5, 5.41) is 17.3. The Bertz CT molecular complexity index is 1290. The van der Waals surface area contributed by atoms with Crippen molar-refractivity contribution in [3.8, 4) is 11.1 Å². The predicted molar refractivity (Wildman–Crippen MR) is 120 cm³/mol. The van der Waals surface area contributed by atoms with Gasteiger partial charge in [-0.15, -0.1) is 0 Å². The highest BCUT2D eigenvalue weighted by Crippen LogP contribution is 2.40. The van der Waals surface area contributed by atoms with Gasteiger partial charge in [0.15, 0.2) is 10.5 Å². The molecule has 0 bridgehead atoms. The fourth-order valence-corrected chi connectivity index (χ4v) is 3.68. The molecule has 0 spiro atoms. The number of hydrogen-bond donors (Lipinski definition) is 4. The van der Waals surface area contributed by atoms with Crippen molar-refractivity contribution < 1.29 is 19.1 Å². The average Bonchev–Trinajstić information content (AvgIpc) is 3.05.